The molecule has 31 heavy (non-hydrogen) atoms. The van der Waals surface area contributed by atoms with Gasteiger partial charge in [-0.2, -0.15) is 0 Å². The molecule has 0 N–H and O–H groups in total. The predicted molar refractivity (Wildman–Crippen MR) is 120 cm³/mol. The lowest BCUT2D eigenvalue weighted by Gasteiger charge is -2.29. The highest BCUT2D eigenvalue weighted by molar-refractivity contribution is 6.31. The minimum absolute atomic E-state index is 0.326. The molecule has 0 saturated carbocycles. The first-order chi connectivity index (χ1) is 15.2. The third-order valence-corrected chi connectivity index (χ3v) is 5.83. The molecule has 1 saturated heterocycles. The molecule has 0 unspecified atom stereocenters. The highest BCUT2D eigenvalue weighted by Gasteiger charge is 2.16. The van der Waals surface area contributed by atoms with Crippen molar-refractivity contribution >= 4 is 28.2 Å². The third kappa shape index (κ3) is 4.09. The van der Waals surface area contributed by atoms with E-state index in [2.05, 4.69) is 19.9 Å². The van der Waals surface area contributed by atoms with E-state index in [1.54, 1.807) is 24.4 Å². The Hall–Kier alpha value is -3.09. The van der Waals surface area contributed by atoms with Gasteiger partial charge in [0.25, 0.3) is 0 Å². The van der Waals surface area contributed by atoms with Gasteiger partial charge in [0.15, 0.2) is 0 Å². The summed E-state index contributed by atoms with van der Waals surface area (Å²) in [4.78, 5) is 15.5. The maximum Gasteiger partial charge on any atom is 0.132 e. The largest absolute Gasteiger partial charge is 0.378 e. The van der Waals surface area contributed by atoms with Crippen molar-refractivity contribution in [3.63, 3.8) is 0 Å². The van der Waals surface area contributed by atoms with Gasteiger partial charge in [0, 0.05) is 42.3 Å². The summed E-state index contributed by atoms with van der Waals surface area (Å²) < 4.78 is 20.3. The quantitative estimate of drug-likeness (QED) is 0.456. The molecule has 5 rings (SSSR count). The van der Waals surface area contributed by atoms with Crippen LogP contribution in [0.1, 0.15) is 11.3 Å². The predicted octanol–water partition coefficient (Wildman–Crippen LogP) is 4.91. The van der Waals surface area contributed by atoms with Crippen LogP contribution >= 0.6 is 11.6 Å². The molecule has 2 aromatic carbocycles. The van der Waals surface area contributed by atoms with Gasteiger partial charge in [-0.15, -0.1) is 0 Å². The summed E-state index contributed by atoms with van der Waals surface area (Å²) in [7, 11) is 0. The number of rotatable bonds is 4. The van der Waals surface area contributed by atoms with Crippen molar-refractivity contribution in [2.45, 2.75) is 6.42 Å². The first-order valence-electron chi connectivity index (χ1n) is 10.1. The number of ether oxygens (including phenoxy) is 1. The molecule has 0 aliphatic carbocycles. The lowest BCUT2D eigenvalue weighted by molar-refractivity contribution is 0.122. The maximum atomic E-state index is 14.8. The lowest BCUT2D eigenvalue weighted by Crippen LogP contribution is -2.36. The van der Waals surface area contributed by atoms with Crippen LogP contribution < -0.4 is 4.90 Å². The van der Waals surface area contributed by atoms with Crippen molar-refractivity contribution in [1.29, 1.82) is 0 Å². The number of anilines is 1. The highest BCUT2D eigenvalue weighted by Crippen LogP contribution is 2.31. The summed E-state index contributed by atoms with van der Waals surface area (Å²) in [6, 6.07) is 14.7. The molecule has 3 heterocycles. The molecule has 0 radical (unpaired) electrons. The zero-order chi connectivity index (χ0) is 21.2. The molecule has 0 spiro atoms. The minimum atomic E-state index is -0.326. The van der Waals surface area contributed by atoms with Gasteiger partial charge in [-0.05, 0) is 48.0 Å². The zero-order valence-corrected chi connectivity index (χ0v) is 17.5. The second kappa shape index (κ2) is 8.57. The van der Waals surface area contributed by atoms with Crippen LogP contribution in [0.25, 0.3) is 22.2 Å². The fraction of sp³-hybridized carbons (Fsp3) is 0.208. The van der Waals surface area contributed by atoms with E-state index in [4.69, 9.17) is 16.3 Å². The number of hydrogen-bond acceptors (Lipinski definition) is 5. The summed E-state index contributed by atoms with van der Waals surface area (Å²) in [5.74, 6) is -0.326. The number of fused-ring (bicyclic) bond motifs is 1. The normalized spacial score (nSPS) is 14.2. The van der Waals surface area contributed by atoms with E-state index < -0.39 is 0 Å². The van der Waals surface area contributed by atoms with Gasteiger partial charge < -0.3 is 9.64 Å². The van der Waals surface area contributed by atoms with E-state index in [9.17, 15) is 4.39 Å². The van der Waals surface area contributed by atoms with Crippen LogP contribution in [0, 0.1) is 5.82 Å². The van der Waals surface area contributed by atoms with Crippen LogP contribution in [0.15, 0.2) is 61.1 Å². The Morgan fingerprint density at radius 3 is 2.71 bits per heavy atom. The number of aromatic nitrogens is 3. The average Bonchev–Trinajstić information content (AvgIpc) is 2.81. The van der Waals surface area contributed by atoms with Gasteiger partial charge in [-0.3, -0.25) is 4.98 Å². The monoisotopic (exact) mass is 434 g/mol. The van der Waals surface area contributed by atoms with Crippen molar-refractivity contribution in [2.24, 2.45) is 0 Å². The van der Waals surface area contributed by atoms with Gasteiger partial charge in [0.2, 0.25) is 0 Å². The van der Waals surface area contributed by atoms with Gasteiger partial charge in [-0.1, -0.05) is 17.7 Å². The van der Waals surface area contributed by atoms with Crippen LogP contribution in [-0.2, 0) is 11.2 Å². The Balaban J connectivity index is 1.53. The standard InChI is InChI=1S/C24H20ClFN4O/c25-20-2-1-7-27-23(20)13-16-3-6-21(26)19(12-16)24-18-5-4-17(14-22(18)28-15-29-24)30-8-10-31-11-9-30/h1-7,12,14-15H,8-11,13H2. The van der Waals surface area contributed by atoms with E-state index in [0.29, 0.717) is 35.9 Å². The molecule has 4 aromatic rings. The number of nitrogens with zero attached hydrogens (tertiary/aromatic N) is 4. The molecule has 7 heteroatoms. The van der Waals surface area contributed by atoms with Crippen LogP contribution in [-0.4, -0.2) is 41.3 Å². The Labute approximate surface area is 184 Å². The SMILES string of the molecule is Fc1ccc(Cc2ncccc2Cl)cc1-c1ncnc2cc(N3CCOCC3)ccc12. The van der Waals surface area contributed by atoms with Crippen molar-refractivity contribution in [1.82, 2.24) is 15.0 Å². The van der Waals surface area contributed by atoms with Gasteiger partial charge in [0.05, 0.1) is 35.1 Å². The number of benzene rings is 2. The number of morpholine rings is 1. The highest BCUT2D eigenvalue weighted by atomic mass is 35.5. The van der Waals surface area contributed by atoms with Crippen LogP contribution in [0.3, 0.4) is 0 Å². The van der Waals surface area contributed by atoms with E-state index in [1.165, 1.54) is 12.4 Å². The second-order valence-electron chi connectivity index (χ2n) is 7.45. The van der Waals surface area contributed by atoms with Crippen LogP contribution in [0.4, 0.5) is 10.1 Å². The summed E-state index contributed by atoms with van der Waals surface area (Å²) >= 11 is 6.25. The van der Waals surface area contributed by atoms with E-state index in [1.807, 2.05) is 24.3 Å². The summed E-state index contributed by atoms with van der Waals surface area (Å²) in [6.45, 7) is 3.11. The lowest BCUT2D eigenvalue weighted by atomic mass is 10.0. The van der Waals surface area contributed by atoms with Crippen LogP contribution in [0.5, 0.6) is 0 Å². The minimum Gasteiger partial charge on any atom is -0.378 e. The van der Waals surface area contributed by atoms with Crippen molar-refractivity contribution < 1.29 is 9.13 Å². The Bertz CT molecular complexity index is 1240. The molecular weight excluding hydrogens is 415 g/mol. The molecule has 156 valence electrons. The second-order valence-corrected chi connectivity index (χ2v) is 7.85. The molecule has 1 aliphatic heterocycles. The summed E-state index contributed by atoms with van der Waals surface area (Å²) in [5, 5.41) is 1.41. The molecule has 0 atom stereocenters. The molecular formula is C24H20ClFN4O. The van der Waals surface area contributed by atoms with Gasteiger partial charge in [-0.25, -0.2) is 14.4 Å². The summed E-state index contributed by atoms with van der Waals surface area (Å²) in [5.41, 5.74) is 4.55. The van der Waals surface area contributed by atoms with Crippen LogP contribution in [0.2, 0.25) is 5.02 Å². The molecule has 1 aliphatic rings. The smallest absolute Gasteiger partial charge is 0.132 e. The Morgan fingerprint density at radius 2 is 1.87 bits per heavy atom. The van der Waals surface area contributed by atoms with Crippen molar-refractivity contribution in [3.8, 4) is 11.3 Å². The molecule has 1 fully saturated rings. The fourth-order valence-corrected chi connectivity index (χ4v) is 4.07. The van der Waals surface area contributed by atoms with Gasteiger partial charge >= 0.3 is 0 Å². The molecule has 0 bridgehead atoms. The first kappa shape index (κ1) is 19.8. The first-order valence-corrected chi connectivity index (χ1v) is 10.5. The van der Waals surface area contributed by atoms with E-state index in [-0.39, 0.29) is 5.82 Å². The summed E-state index contributed by atoms with van der Waals surface area (Å²) in [6.07, 6.45) is 3.70. The fourth-order valence-electron chi connectivity index (χ4n) is 3.88. The number of halogens is 2. The van der Waals surface area contributed by atoms with Gasteiger partial charge in [0.1, 0.15) is 12.1 Å². The Morgan fingerprint density at radius 1 is 1.00 bits per heavy atom. The maximum absolute atomic E-state index is 14.8. The Kier molecular flexibility index (Phi) is 5.49. The van der Waals surface area contributed by atoms with E-state index >= 15 is 0 Å². The zero-order valence-electron chi connectivity index (χ0n) is 16.8. The number of pyridine rings is 1. The van der Waals surface area contributed by atoms with Crippen molar-refractivity contribution in [2.75, 3.05) is 31.2 Å². The van der Waals surface area contributed by atoms with Crippen molar-refractivity contribution in [3.05, 3.63) is 83.2 Å². The average molecular weight is 435 g/mol. The molecule has 0 amide bonds. The van der Waals surface area contributed by atoms with E-state index in [0.717, 1.165) is 40.9 Å². The third-order valence-electron chi connectivity index (χ3n) is 5.49. The topological polar surface area (TPSA) is 51.1 Å². The molecule has 2 aromatic heterocycles. The number of hydrogen-bond donors (Lipinski definition) is 0. The molecule has 5 nitrogen and oxygen atoms in total.